The highest BCUT2D eigenvalue weighted by Gasteiger charge is 2.21. The summed E-state index contributed by atoms with van der Waals surface area (Å²) in [5.41, 5.74) is 2.80. The van der Waals surface area contributed by atoms with Crippen LogP contribution >= 0.6 is 34.4 Å². The van der Waals surface area contributed by atoms with Gasteiger partial charge < -0.3 is 5.32 Å². The highest BCUT2D eigenvalue weighted by molar-refractivity contribution is 8.01. The lowest BCUT2D eigenvalue weighted by Crippen LogP contribution is -2.13. The van der Waals surface area contributed by atoms with Crippen LogP contribution in [0.5, 0.6) is 0 Å². The van der Waals surface area contributed by atoms with Gasteiger partial charge in [-0.3, -0.25) is 4.79 Å². The standard InChI is InChI=1S/C15H15N3OS3/c1-9-7-20-15(17-9)21-8-13(19)18-14-11(6-16)10-4-2-3-5-12(10)22-14/h7H,2-5,8H2,1H3,(H,18,19). The van der Waals surface area contributed by atoms with Crippen LogP contribution in [-0.4, -0.2) is 16.6 Å². The second-order valence-electron chi connectivity index (χ2n) is 5.12. The van der Waals surface area contributed by atoms with Gasteiger partial charge in [0, 0.05) is 16.0 Å². The summed E-state index contributed by atoms with van der Waals surface area (Å²) in [6.07, 6.45) is 4.28. The molecule has 0 aliphatic heterocycles. The Kier molecular flexibility index (Phi) is 4.81. The number of thioether (sulfide) groups is 1. The third-order valence-corrected chi connectivity index (χ3v) is 6.81. The van der Waals surface area contributed by atoms with Crippen LogP contribution < -0.4 is 5.32 Å². The summed E-state index contributed by atoms with van der Waals surface area (Å²) < 4.78 is 0.902. The van der Waals surface area contributed by atoms with Gasteiger partial charge in [-0.25, -0.2) is 4.98 Å². The summed E-state index contributed by atoms with van der Waals surface area (Å²) >= 11 is 4.55. The Hall–Kier alpha value is -1.36. The van der Waals surface area contributed by atoms with E-state index in [9.17, 15) is 10.1 Å². The number of fused-ring (bicyclic) bond motifs is 1. The van der Waals surface area contributed by atoms with Gasteiger partial charge in [0.25, 0.3) is 0 Å². The van der Waals surface area contributed by atoms with Crippen LogP contribution in [0, 0.1) is 18.3 Å². The number of aryl methyl sites for hydroxylation is 2. The number of nitrogens with zero attached hydrogens (tertiary/aromatic N) is 2. The first-order valence-corrected chi connectivity index (χ1v) is 9.75. The van der Waals surface area contributed by atoms with E-state index in [-0.39, 0.29) is 5.91 Å². The Labute approximate surface area is 141 Å². The quantitative estimate of drug-likeness (QED) is 0.848. The topological polar surface area (TPSA) is 65.8 Å². The minimum absolute atomic E-state index is 0.0760. The predicted molar refractivity (Wildman–Crippen MR) is 91.9 cm³/mol. The van der Waals surface area contributed by atoms with E-state index >= 15 is 0 Å². The molecule has 3 rings (SSSR count). The van der Waals surface area contributed by atoms with Gasteiger partial charge in [-0.1, -0.05) is 11.8 Å². The van der Waals surface area contributed by atoms with Crippen LogP contribution in [0.4, 0.5) is 5.00 Å². The van der Waals surface area contributed by atoms with Crippen molar-refractivity contribution in [3.63, 3.8) is 0 Å². The molecule has 22 heavy (non-hydrogen) atoms. The van der Waals surface area contributed by atoms with Gasteiger partial charge >= 0.3 is 0 Å². The number of thiazole rings is 1. The van der Waals surface area contributed by atoms with Crippen molar-refractivity contribution in [3.05, 3.63) is 27.1 Å². The maximum atomic E-state index is 12.1. The molecule has 7 heteroatoms. The van der Waals surface area contributed by atoms with Gasteiger partial charge in [-0.2, -0.15) is 5.26 Å². The number of thiophene rings is 1. The lowest BCUT2D eigenvalue weighted by atomic mass is 9.96. The smallest absolute Gasteiger partial charge is 0.235 e. The monoisotopic (exact) mass is 349 g/mol. The molecular weight excluding hydrogens is 334 g/mol. The van der Waals surface area contributed by atoms with Crippen molar-refractivity contribution < 1.29 is 4.79 Å². The molecule has 0 spiro atoms. The number of hydrogen-bond acceptors (Lipinski definition) is 6. The van der Waals surface area contributed by atoms with E-state index in [1.165, 1.54) is 23.1 Å². The number of carbonyl (C=O) groups is 1. The summed E-state index contributed by atoms with van der Waals surface area (Å²) in [4.78, 5) is 17.7. The normalized spacial score (nSPS) is 13.5. The number of carbonyl (C=O) groups excluding carboxylic acids is 1. The van der Waals surface area contributed by atoms with E-state index < -0.39 is 0 Å². The number of nitriles is 1. The minimum Gasteiger partial charge on any atom is -0.316 e. The highest BCUT2D eigenvalue weighted by atomic mass is 32.2. The first-order valence-electron chi connectivity index (χ1n) is 7.07. The molecule has 0 saturated carbocycles. The van der Waals surface area contributed by atoms with Gasteiger partial charge in [0.15, 0.2) is 4.34 Å². The number of hydrogen-bond donors (Lipinski definition) is 1. The lowest BCUT2D eigenvalue weighted by Gasteiger charge is -2.09. The third kappa shape index (κ3) is 3.35. The molecule has 2 aromatic heterocycles. The SMILES string of the molecule is Cc1csc(SCC(=O)Nc2sc3c(c2C#N)CCCC3)n1. The molecule has 114 valence electrons. The maximum absolute atomic E-state index is 12.1. The van der Waals surface area contributed by atoms with Crippen LogP contribution in [-0.2, 0) is 17.6 Å². The maximum Gasteiger partial charge on any atom is 0.235 e. The molecule has 0 atom stereocenters. The average Bonchev–Trinajstić information content (AvgIpc) is 3.08. The Morgan fingerprint density at radius 2 is 2.32 bits per heavy atom. The van der Waals surface area contributed by atoms with E-state index in [0.29, 0.717) is 11.3 Å². The Morgan fingerprint density at radius 1 is 1.50 bits per heavy atom. The second kappa shape index (κ2) is 6.82. The third-order valence-electron chi connectivity index (χ3n) is 3.46. The number of aromatic nitrogens is 1. The fourth-order valence-corrected chi connectivity index (χ4v) is 5.37. The van der Waals surface area contributed by atoms with E-state index in [4.69, 9.17) is 0 Å². The highest BCUT2D eigenvalue weighted by Crippen LogP contribution is 2.37. The van der Waals surface area contributed by atoms with E-state index in [2.05, 4.69) is 16.4 Å². The summed E-state index contributed by atoms with van der Waals surface area (Å²) in [6, 6.07) is 2.26. The van der Waals surface area contributed by atoms with Crippen molar-refractivity contribution >= 4 is 45.3 Å². The van der Waals surface area contributed by atoms with Crippen molar-refractivity contribution in [2.45, 2.75) is 36.9 Å². The fraction of sp³-hybridized carbons (Fsp3) is 0.400. The van der Waals surface area contributed by atoms with E-state index in [1.54, 1.807) is 22.7 Å². The van der Waals surface area contributed by atoms with Gasteiger partial charge in [0.05, 0.1) is 11.3 Å². The number of rotatable bonds is 4. The average molecular weight is 350 g/mol. The van der Waals surface area contributed by atoms with Crippen LogP contribution in [0.15, 0.2) is 9.72 Å². The van der Waals surface area contributed by atoms with Gasteiger partial charge in [-0.05, 0) is 38.2 Å². The molecule has 2 aromatic rings. The molecule has 0 radical (unpaired) electrons. The van der Waals surface area contributed by atoms with Crippen molar-refractivity contribution in [2.75, 3.05) is 11.1 Å². The van der Waals surface area contributed by atoms with Crippen molar-refractivity contribution in [2.24, 2.45) is 0 Å². The zero-order chi connectivity index (χ0) is 15.5. The van der Waals surface area contributed by atoms with Crippen molar-refractivity contribution in [3.8, 4) is 6.07 Å². The molecule has 1 amide bonds. The van der Waals surface area contributed by atoms with Crippen molar-refractivity contribution in [1.82, 2.24) is 4.98 Å². The zero-order valence-corrected chi connectivity index (χ0v) is 14.6. The first kappa shape index (κ1) is 15.5. The molecule has 0 bridgehead atoms. The summed E-state index contributed by atoms with van der Waals surface area (Å²) in [5, 5.41) is 15.0. The molecule has 2 heterocycles. The summed E-state index contributed by atoms with van der Waals surface area (Å²) in [6.45, 7) is 1.94. The molecule has 4 nitrogen and oxygen atoms in total. The van der Waals surface area contributed by atoms with Gasteiger partial charge in [-0.15, -0.1) is 22.7 Å². The Balaban J connectivity index is 1.66. The molecule has 0 saturated heterocycles. The molecule has 0 fully saturated rings. The number of nitrogens with one attached hydrogen (secondary N) is 1. The minimum atomic E-state index is -0.0760. The lowest BCUT2D eigenvalue weighted by molar-refractivity contribution is -0.113. The summed E-state index contributed by atoms with van der Waals surface area (Å²) in [7, 11) is 0. The molecule has 0 aromatic carbocycles. The molecule has 1 aliphatic carbocycles. The zero-order valence-electron chi connectivity index (χ0n) is 12.1. The fourth-order valence-electron chi connectivity index (χ4n) is 2.46. The van der Waals surface area contributed by atoms with Gasteiger partial charge in [0.2, 0.25) is 5.91 Å². The Bertz CT molecular complexity index is 742. The Morgan fingerprint density at radius 3 is 3.05 bits per heavy atom. The van der Waals surface area contributed by atoms with Crippen LogP contribution in [0.2, 0.25) is 0 Å². The molecule has 1 aliphatic rings. The van der Waals surface area contributed by atoms with Crippen molar-refractivity contribution in [1.29, 1.82) is 5.26 Å². The van der Waals surface area contributed by atoms with Crippen LogP contribution in [0.1, 0.15) is 34.5 Å². The molecule has 0 unspecified atom stereocenters. The largest absolute Gasteiger partial charge is 0.316 e. The molecular formula is C15H15N3OS3. The van der Waals surface area contributed by atoms with Crippen LogP contribution in [0.25, 0.3) is 0 Å². The van der Waals surface area contributed by atoms with Crippen LogP contribution in [0.3, 0.4) is 0 Å². The second-order valence-corrected chi connectivity index (χ2v) is 8.30. The number of anilines is 1. The summed E-state index contributed by atoms with van der Waals surface area (Å²) in [5.74, 6) is 0.244. The molecule has 1 N–H and O–H groups in total. The van der Waals surface area contributed by atoms with E-state index in [1.807, 2.05) is 12.3 Å². The first-order chi connectivity index (χ1) is 10.7. The van der Waals surface area contributed by atoms with Gasteiger partial charge in [0.1, 0.15) is 11.1 Å². The number of amides is 1. The predicted octanol–water partition coefficient (Wildman–Crippen LogP) is 3.99. The van der Waals surface area contributed by atoms with E-state index in [0.717, 1.165) is 39.9 Å².